The summed E-state index contributed by atoms with van der Waals surface area (Å²) in [6, 6.07) is 17.6. The average molecular weight is 633 g/mol. The first kappa shape index (κ1) is 29.7. The molecule has 2 aromatic carbocycles. The number of fused-ring (bicyclic) bond motifs is 2. The van der Waals surface area contributed by atoms with E-state index < -0.39 is 0 Å². The molecule has 1 aliphatic carbocycles. The highest BCUT2D eigenvalue weighted by Gasteiger charge is 2.33. The highest BCUT2D eigenvalue weighted by Crippen LogP contribution is 2.45. The molecule has 1 atom stereocenters. The molecule has 1 aliphatic rings. The van der Waals surface area contributed by atoms with Crippen molar-refractivity contribution in [3.63, 3.8) is 0 Å². The molecule has 5 aromatic rings. The first-order valence-corrected chi connectivity index (χ1v) is 16.2. The van der Waals surface area contributed by atoms with Crippen molar-refractivity contribution in [2.24, 2.45) is 16.3 Å². The summed E-state index contributed by atoms with van der Waals surface area (Å²) in [5, 5.41) is 6.19. The maximum Gasteiger partial charge on any atom is 0.255 e. The molecule has 1 amide bonds. The van der Waals surface area contributed by atoms with Gasteiger partial charge < -0.3 is 14.3 Å². The molecular formula is C35H35Cl2N3O2S. The Hall–Kier alpha value is -3.32. The summed E-state index contributed by atoms with van der Waals surface area (Å²) >= 11 is 14.4. The smallest absolute Gasteiger partial charge is 0.255 e. The van der Waals surface area contributed by atoms with Gasteiger partial charge in [0.1, 0.15) is 10.8 Å². The Bertz CT molecular complexity index is 1830. The molecule has 0 saturated carbocycles. The highest BCUT2D eigenvalue weighted by molar-refractivity contribution is 7.16. The monoisotopic (exact) mass is 631 g/mol. The molecule has 0 unspecified atom stereocenters. The molecule has 0 bridgehead atoms. The predicted octanol–water partition coefficient (Wildman–Crippen LogP) is 9.79. The van der Waals surface area contributed by atoms with Crippen LogP contribution in [0.3, 0.4) is 0 Å². The molecule has 222 valence electrons. The number of thiophene rings is 1. The Kier molecular flexibility index (Phi) is 8.29. The van der Waals surface area contributed by atoms with E-state index in [-0.39, 0.29) is 11.3 Å². The minimum Gasteiger partial charge on any atom is -0.467 e. The van der Waals surface area contributed by atoms with Crippen LogP contribution in [0.4, 0.5) is 5.00 Å². The number of hydrogen-bond acceptors (Lipinski definition) is 4. The summed E-state index contributed by atoms with van der Waals surface area (Å²) in [7, 11) is 0. The van der Waals surface area contributed by atoms with E-state index in [1.165, 1.54) is 4.88 Å². The number of furan rings is 1. The fourth-order valence-corrected chi connectivity index (χ4v) is 7.81. The van der Waals surface area contributed by atoms with Crippen molar-refractivity contribution in [2.75, 3.05) is 0 Å². The Morgan fingerprint density at radius 2 is 1.98 bits per heavy atom. The van der Waals surface area contributed by atoms with Crippen molar-refractivity contribution >= 4 is 62.6 Å². The van der Waals surface area contributed by atoms with E-state index in [1.807, 2.05) is 42.6 Å². The summed E-state index contributed by atoms with van der Waals surface area (Å²) in [6.07, 6.45) is 6.47. The quantitative estimate of drug-likeness (QED) is 0.182. The predicted molar refractivity (Wildman–Crippen MR) is 179 cm³/mol. The summed E-state index contributed by atoms with van der Waals surface area (Å²) < 4.78 is 7.71. The molecule has 0 aliphatic heterocycles. The number of carbonyl (C=O) groups is 1. The number of carbonyl (C=O) groups excluding carboxylic acids is 1. The summed E-state index contributed by atoms with van der Waals surface area (Å²) in [5.41, 5.74) is 6.25. The summed E-state index contributed by atoms with van der Waals surface area (Å²) in [4.78, 5) is 20.0. The molecule has 0 radical (unpaired) electrons. The largest absolute Gasteiger partial charge is 0.467 e. The SMILES string of the molecule is Cc1c(C=Nc2sc3c(c2C(=O)NCc2ccco2)CC[C@@H](C(C)(C)C)C3)c2ccccc2n1Cc1ccc(Cl)cc1Cl. The lowest BCUT2D eigenvalue weighted by Gasteiger charge is -2.33. The second-order valence-electron chi connectivity index (χ2n) is 12.3. The summed E-state index contributed by atoms with van der Waals surface area (Å²) in [5.74, 6) is 1.18. The molecule has 6 rings (SSSR count). The fourth-order valence-electron chi connectivity index (χ4n) is 6.07. The fraction of sp³-hybridized carbons (Fsp3) is 0.314. The van der Waals surface area contributed by atoms with E-state index in [2.05, 4.69) is 49.7 Å². The van der Waals surface area contributed by atoms with E-state index in [9.17, 15) is 4.79 Å². The van der Waals surface area contributed by atoms with Crippen LogP contribution in [-0.4, -0.2) is 16.7 Å². The van der Waals surface area contributed by atoms with Crippen LogP contribution in [0.5, 0.6) is 0 Å². The number of benzene rings is 2. The number of halogens is 2. The zero-order valence-electron chi connectivity index (χ0n) is 24.8. The molecule has 8 heteroatoms. The number of nitrogens with one attached hydrogen (secondary N) is 1. The number of rotatable bonds is 7. The van der Waals surface area contributed by atoms with Crippen molar-refractivity contribution in [3.05, 3.63) is 109 Å². The number of aromatic nitrogens is 1. The molecular weight excluding hydrogens is 597 g/mol. The zero-order chi connectivity index (χ0) is 30.3. The third-order valence-electron chi connectivity index (χ3n) is 8.64. The third-order valence-corrected chi connectivity index (χ3v) is 10.4. The maximum absolute atomic E-state index is 13.7. The molecule has 43 heavy (non-hydrogen) atoms. The average Bonchev–Trinajstić information content (AvgIpc) is 3.68. The molecule has 0 fully saturated rings. The number of para-hydroxylation sites is 1. The normalized spacial score (nSPS) is 15.3. The molecule has 3 heterocycles. The minimum atomic E-state index is -0.105. The Morgan fingerprint density at radius 3 is 2.72 bits per heavy atom. The van der Waals surface area contributed by atoms with Gasteiger partial charge in [-0.25, -0.2) is 4.99 Å². The van der Waals surface area contributed by atoms with Crippen LogP contribution in [0.25, 0.3) is 10.9 Å². The van der Waals surface area contributed by atoms with Gasteiger partial charge in [0.15, 0.2) is 0 Å². The van der Waals surface area contributed by atoms with Crippen LogP contribution in [-0.2, 0) is 25.9 Å². The third kappa shape index (κ3) is 6.06. The van der Waals surface area contributed by atoms with Crippen molar-refractivity contribution in [1.82, 2.24) is 9.88 Å². The Morgan fingerprint density at radius 1 is 1.16 bits per heavy atom. The lowest BCUT2D eigenvalue weighted by molar-refractivity contribution is 0.0947. The van der Waals surface area contributed by atoms with Gasteiger partial charge in [0.2, 0.25) is 0 Å². The molecule has 3 aromatic heterocycles. The van der Waals surface area contributed by atoms with Gasteiger partial charge in [-0.05, 0) is 79.0 Å². The van der Waals surface area contributed by atoms with Crippen LogP contribution in [0.1, 0.15) is 70.6 Å². The van der Waals surface area contributed by atoms with Gasteiger partial charge in [-0.1, -0.05) is 68.2 Å². The van der Waals surface area contributed by atoms with Gasteiger partial charge in [0.25, 0.3) is 5.91 Å². The van der Waals surface area contributed by atoms with Crippen molar-refractivity contribution in [3.8, 4) is 0 Å². The number of hydrogen-bond donors (Lipinski definition) is 1. The van der Waals surface area contributed by atoms with Crippen LogP contribution in [0, 0.1) is 18.3 Å². The van der Waals surface area contributed by atoms with Crippen LogP contribution >= 0.6 is 34.5 Å². The second-order valence-corrected chi connectivity index (χ2v) is 14.3. The molecule has 1 N–H and O–H groups in total. The van der Waals surface area contributed by atoms with E-state index in [0.29, 0.717) is 34.6 Å². The molecule has 0 spiro atoms. The lowest BCUT2D eigenvalue weighted by atomic mass is 9.72. The van der Waals surface area contributed by atoms with Gasteiger partial charge >= 0.3 is 0 Å². The highest BCUT2D eigenvalue weighted by atomic mass is 35.5. The van der Waals surface area contributed by atoms with Gasteiger partial charge in [0.05, 0.1) is 18.4 Å². The van der Waals surface area contributed by atoms with E-state index in [4.69, 9.17) is 32.6 Å². The van der Waals surface area contributed by atoms with E-state index in [1.54, 1.807) is 23.7 Å². The minimum absolute atomic E-state index is 0.105. The lowest BCUT2D eigenvalue weighted by Crippen LogP contribution is -2.28. The number of nitrogens with zero attached hydrogens (tertiary/aromatic N) is 2. The second kappa shape index (κ2) is 12.0. The van der Waals surface area contributed by atoms with Crippen LogP contribution in [0.15, 0.2) is 70.3 Å². The van der Waals surface area contributed by atoms with Crippen molar-refractivity contribution in [2.45, 2.75) is 60.0 Å². The van der Waals surface area contributed by atoms with Crippen molar-refractivity contribution < 1.29 is 9.21 Å². The van der Waals surface area contributed by atoms with Crippen LogP contribution < -0.4 is 5.32 Å². The van der Waals surface area contributed by atoms with E-state index >= 15 is 0 Å². The van der Waals surface area contributed by atoms with Gasteiger partial charge in [0, 0.05) is 49.8 Å². The standard InChI is InChI=1S/C35H35Cl2N3O2S/c1-21-28(26-9-5-6-10-30(26)40(21)20-22-11-13-24(36)17-29(22)37)19-39-34-32(33(41)38-18-25-8-7-15-42-25)27-14-12-23(35(2,3)4)16-31(27)43-34/h5-11,13,15,17,19,23H,12,14,16,18,20H2,1-4H3,(H,38,41)/t23-/m1/s1. The maximum atomic E-state index is 13.7. The summed E-state index contributed by atoms with van der Waals surface area (Å²) in [6.45, 7) is 9.98. The van der Waals surface area contributed by atoms with Crippen molar-refractivity contribution in [1.29, 1.82) is 0 Å². The zero-order valence-corrected chi connectivity index (χ0v) is 27.2. The first-order valence-electron chi connectivity index (χ1n) is 14.6. The van der Waals surface area contributed by atoms with Gasteiger partial charge in [-0.15, -0.1) is 11.3 Å². The Labute approximate surface area is 266 Å². The molecule has 5 nitrogen and oxygen atoms in total. The van der Waals surface area contributed by atoms with Gasteiger partial charge in [-0.3, -0.25) is 4.79 Å². The molecule has 0 saturated heterocycles. The Balaban J connectivity index is 1.38. The number of aliphatic imine (C=N–C) groups is 1. The van der Waals surface area contributed by atoms with Gasteiger partial charge in [-0.2, -0.15) is 0 Å². The first-order chi connectivity index (χ1) is 20.6. The topological polar surface area (TPSA) is 59.5 Å². The number of amides is 1. The van der Waals surface area contributed by atoms with Crippen LogP contribution in [0.2, 0.25) is 10.0 Å². The van der Waals surface area contributed by atoms with E-state index in [0.717, 1.165) is 63.3 Å².